The largest absolute Gasteiger partial charge is 0.626 e. The molecule has 13 nitrogen and oxygen atoms in total. The highest BCUT2D eigenvalue weighted by Crippen LogP contribution is 2.37. The van der Waals surface area contributed by atoms with Gasteiger partial charge >= 0.3 is 0 Å². The quantitative estimate of drug-likeness (QED) is 0.139. The van der Waals surface area contributed by atoms with Crippen LogP contribution in [0.5, 0.6) is 5.75 Å². The van der Waals surface area contributed by atoms with Gasteiger partial charge in [-0.05, 0) is 12.1 Å². The van der Waals surface area contributed by atoms with Crippen molar-refractivity contribution in [1.82, 2.24) is 34.4 Å². The maximum Gasteiger partial charge on any atom is 0.295 e. The summed E-state index contributed by atoms with van der Waals surface area (Å²) in [5.41, 5.74) is 1.41. The van der Waals surface area contributed by atoms with Gasteiger partial charge in [-0.2, -0.15) is 4.98 Å². The van der Waals surface area contributed by atoms with Crippen LogP contribution in [0.3, 0.4) is 0 Å². The van der Waals surface area contributed by atoms with Crippen molar-refractivity contribution in [3.63, 3.8) is 0 Å². The van der Waals surface area contributed by atoms with Crippen molar-refractivity contribution in [2.75, 3.05) is 51.6 Å². The second-order valence-corrected chi connectivity index (χ2v) is 10.1. The highest BCUT2D eigenvalue weighted by molar-refractivity contribution is 6.45. The van der Waals surface area contributed by atoms with Crippen molar-refractivity contribution in [3.8, 4) is 17.1 Å². The Morgan fingerprint density at radius 3 is 2.39 bits per heavy atom. The number of benzene rings is 1. The number of aromatic amines is 1. The van der Waals surface area contributed by atoms with Crippen LogP contribution in [0.25, 0.3) is 22.3 Å². The van der Waals surface area contributed by atoms with Crippen molar-refractivity contribution >= 4 is 40.1 Å². The van der Waals surface area contributed by atoms with E-state index < -0.39 is 16.3 Å². The summed E-state index contributed by atoms with van der Waals surface area (Å²) in [5.74, 6) is -1.33. The van der Waals surface area contributed by atoms with Crippen LogP contribution in [0.1, 0.15) is 27.1 Å². The first kappa shape index (κ1) is 26.3. The number of hydrogen-bond donors (Lipinski definition) is 3. The van der Waals surface area contributed by atoms with Gasteiger partial charge in [0.2, 0.25) is 5.82 Å². The van der Waals surface area contributed by atoms with Gasteiger partial charge in [0.15, 0.2) is 0 Å². The van der Waals surface area contributed by atoms with Gasteiger partial charge in [0.1, 0.15) is 17.1 Å². The summed E-state index contributed by atoms with van der Waals surface area (Å²) < 4.78 is -0.606. The number of ketones is 1. The van der Waals surface area contributed by atoms with E-state index >= 15 is 0 Å². The number of nitrogens with one attached hydrogen (secondary N) is 2. The highest BCUT2D eigenvalue weighted by Gasteiger charge is 2.35. The van der Waals surface area contributed by atoms with Crippen LogP contribution in [0.15, 0.2) is 48.9 Å². The molecule has 1 aromatic carbocycles. The van der Waals surface area contributed by atoms with Crippen molar-refractivity contribution in [1.29, 1.82) is 0 Å². The van der Waals surface area contributed by atoms with Gasteiger partial charge in [0.25, 0.3) is 23.4 Å². The Balaban J connectivity index is 1.25. The fourth-order valence-corrected chi connectivity index (χ4v) is 5.25. The first-order valence-electron chi connectivity index (χ1n) is 13.3. The van der Waals surface area contributed by atoms with Crippen LogP contribution in [-0.4, -0.2) is 98.8 Å². The molecule has 0 bridgehead atoms. The number of hydrogen-bond acceptors (Lipinski definition) is 9. The van der Waals surface area contributed by atoms with E-state index in [-0.39, 0.29) is 58.4 Å². The Morgan fingerprint density at radius 1 is 1.02 bits per heavy atom. The van der Waals surface area contributed by atoms with Gasteiger partial charge in [-0.3, -0.25) is 14.4 Å². The molecule has 2 aliphatic rings. The zero-order chi connectivity index (χ0) is 28.7. The Bertz CT molecular complexity index is 1660. The lowest BCUT2D eigenvalue weighted by Gasteiger charge is -2.48. The number of aromatic hydroxyl groups is 1. The fourth-order valence-electron chi connectivity index (χ4n) is 5.25. The maximum absolute atomic E-state index is 13.4. The summed E-state index contributed by atoms with van der Waals surface area (Å²) in [4.78, 5) is 58.6. The van der Waals surface area contributed by atoms with Gasteiger partial charge in [0.05, 0.1) is 41.9 Å². The lowest BCUT2D eigenvalue weighted by molar-refractivity contribution is -0.127. The van der Waals surface area contributed by atoms with Gasteiger partial charge in [-0.1, -0.05) is 18.2 Å². The number of hydroxylamine groups is 2. The number of piperazine rings is 1. The first-order chi connectivity index (χ1) is 19.8. The van der Waals surface area contributed by atoms with Gasteiger partial charge < -0.3 is 35.1 Å². The van der Waals surface area contributed by atoms with E-state index in [1.807, 2.05) is 6.07 Å². The smallest absolute Gasteiger partial charge is 0.295 e. The van der Waals surface area contributed by atoms with Gasteiger partial charge in [-0.15, -0.1) is 0 Å². The first-order valence-corrected chi connectivity index (χ1v) is 13.3. The molecule has 0 saturated carbocycles. The predicted octanol–water partition coefficient (Wildman–Crippen LogP) is 2.14. The number of anilines is 1. The lowest BCUT2D eigenvalue weighted by Crippen LogP contribution is -2.55. The molecule has 3 aromatic heterocycles. The molecule has 2 fully saturated rings. The van der Waals surface area contributed by atoms with Crippen LogP contribution in [-0.2, 0) is 4.79 Å². The third-order valence-corrected chi connectivity index (χ3v) is 7.66. The lowest BCUT2D eigenvalue weighted by atomic mass is 10.1. The summed E-state index contributed by atoms with van der Waals surface area (Å²) >= 11 is 0. The topological polar surface area (TPSA) is 167 Å². The molecule has 0 unspecified atom stereocenters. The van der Waals surface area contributed by atoms with E-state index in [1.54, 1.807) is 36.2 Å². The molecule has 2 saturated heterocycles. The number of quaternary nitrogens is 1. The number of pyridine rings is 1. The number of carbonyl (C=O) groups excluding carboxylic acids is 3. The number of carbonyl (C=O) groups is 3. The minimum absolute atomic E-state index is 0.0101. The molecular weight excluding hydrogens is 528 g/mol. The Kier molecular flexibility index (Phi) is 6.59. The molecular formula is C28H28N8O5. The van der Waals surface area contributed by atoms with E-state index in [0.29, 0.717) is 37.6 Å². The predicted molar refractivity (Wildman–Crippen MR) is 151 cm³/mol. The zero-order valence-electron chi connectivity index (χ0n) is 22.3. The minimum atomic E-state index is -0.798. The van der Waals surface area contributed by atoms with Crippen LogP contribution in [0.4, 0.5) is 11.6 Å². The van der Waals surface area contributed by atoms with Gasteiger partial charge in [0, 0.05) is 51.4 Å². The number of amides is 2. The molecule has 0 aliphatic carbocycles. The van der Waals surface area contributed by atoms with Crippen LogP contribution in [0, 0.1) is 5.21 Å². The normalized spacial score (nSPS) is 16.3. The minimum Gasteiger partial charge on any atom is -0.626 e. The molecule has 0 spiro atoms. The monoisotopic (exact) mass is 556 g/mol. The van der Waals surface area contributed by atoms with Crippen molar-refractivity contribution < 1.29 is 19.5 Å². The third-order valence-electron chi connectivity index (χ3n) is 7.66. The molecule has 3 N–H and O–H groups in total. The summed E-state index contributed by atoms with van der Waals surface area (Å²) in [6, 6.07) is 8.90. The van der Waals surface area contributed by atoms with E-state index in [0.717, 1.165) is 6.42 Å². The van der Waals surface area contributed by atoms with Gasteiger partial charge in [-0.25, -0.2) is 9.97 Å². The Labute approximate surface area is 234 Å². The molecule has 41 heavy (non-hydrogen) atoms. The molecule has 5 heterocycles. The highest BCUT2D eigenvalue weighted by atomic mass is 16.6. The van der Waals surface area contributed by atoms with Crippen LogP contribution in [0.2, 0.25) is 0 Å². The average molecular weight is 557 g/mol. The number of rotatable bonds is 6. The summed E-state index contributed by atoms with van der Waals surface area (Å²) in [6.45, 7) is 1.78. The standard InChI is InChI=1S/C28H28N8O5/c1-29-25-26(36(41)12-5-13-36)33-19(15-32-25)22-23-21(20(37)16-31-22)18(14-30-23)24(38)28(40)35-10-8-34(9-11-35)27(39)17-6-3-2-4-7-17/h2-4,6-7,14-16,30,37H,5,8-13H2,1H3,(H,29,32). The zero-order valence-corrected chi connectivity index (χ0v) is 22.3. The van der Waals surface area contributed by atoms with Crippen LogP contribution < -0.4 is 9.96 Å². The molecule has 2 amide bonds. The number of nitrogens with zero attached hydrogens (tertiary/aromatic N) is 6. The third kappa shape index (κ3) is 4.54. The SMILES string of the molecule is CNc1ncc(-c2ncc(O)c3c(C(=O)C(=O)N4CCN(C(=O)c5ccccc5)CC4)c[nH]c23)nc1[N+]1([O-])CCC1. The summed E-state index contributed by atoms with van der Waals surface area (Å²) in [5, 5.41) is 26.8. The average Bonchev–Trinajstić information content (AvgIpc) is 3.45. The summed E-state index contributed by atoms with van der Waals surface area (Å²) in [6.07, 6.45) is 4.79. The number of Topliss-reactive ketones (excluding diaryl/α,β-unsaturated/α-hetero) is 1. The molecule has 210 valence electrons. The Hall–Kier alpha value is -4.88. The molecule has 0 atom stereocenters. The van der Waals surface area contributed by atoms with Crippen molar-refractivity contribution in [2.45, 2.75) is 6.42 Å². The molecule has 4 aromatic rings. The molecule has 6 rings (SSSR count). The summed E-state index contributed by atoms with van der Waals surface area (Å²) in [7, 11) is 1.66. The van der Waals surface area contributed by atoms with E-state index in [2.05, 4.69) is 25.3 Å². The van der Waals surface area contributed by atoms with E-state index in [1.165, 1.54) is 23.5 Å². The fraction of sp³-hybridized carbons (Fsp3) is 0.286. The maximum atomic E-state index is 13.4. The second kappa shape index (κ2) is 10.3. The van der Waals surface area contributed by atoms with E-state index in [4.69, 9.17) is 0 Å². The van der Waals surface area contributed by atoms with Crippen molar-refractivity contribution in [3.05, 3.63) is 65.3 Å². The second-order valence-electron chi connectivity index (χ2n) is 10.1. The molecule has 2 aliphatic heterocycles. The molecule has 0 radical (unpaired) electrons. The number of H-pyrrole nitrogens is 1. The van der Waals surface area contributed by atoms with Crippen LogP contribution >= 0.6 is 0 Å². The Morgan fingerprint density at radius 2 is 1.73 bits per heavy atom. The van der Waals surface area contributed by atoms with E-state index in [9.17, 15) is 24.7 Å². The molecule has 13 heteroatoms. The number of fused-ring (bicyclic) bond motifs is 1. The van der Waals surface area contributed by atoms with Crippen molar-refractivity contribution in [2.24, 2.45) is 0 Å². The number of aromatic nitrogens is 4.